The van der Waals surface area contributed by atoms with Gasteiger partial charge in [0.05, 0.1) is 12.7 Å². The lowest BCUT2D eigenvalue weighted by atomic mass is 10.2. The van der Waals surface area contributed by atoms with Crippen molar-refractivity contribution in [3.05, 3.63) is 0 Å². The standard InChI is InChI=1S/C12H26N2O4S/c13-5-2-1-3-6-18-8-10(15)9-19-7-4-11(14)12(16)17/h10-11,15H,1-9,13-14H2,(H,16,17)/t10?,11-/m0/s1. The quantitative estimate of drug-likeness (QED) is 0.354. The maximum Gasteiger partial charge on any atom is 0.320 e. The first kappa shape index (κ1) is 18.7. The van der Waals surface area contributed by atoms with E-state index >= 15 is 0 Å². The van der Waals surface area contributed by atoms with E-state index in [0.29, 0.717) is 37.7 Å². The summed E-state index contributed by atoms with van der Waals surface area (Å²) in [6.07, 6.45) is 2.91. The number of hydrogen-bond acceptors (Lipinski definition) is 6. The lowest BCUT2D eigenvalue weighted by molar-refractivity contribution is -0.138. The van der Waals surface area contributed by atoms with Crippen molar-refractivity contribution in [3.8, 4) is 0 Å². The van der Waals surface area contributed by atoms with Crippen molar-refractivity contribution in [2.75, 3.05) is 31.3 Å². The predicted molar refractivity (Wildman–Crippen MR) is 77.3 cm³/mol. The van der Waals surface area contributed by atoms with Crippen LogP contribution < -0.4 is 11.5 Å². The number of nitrogens with two attached hydrogens (primary N) is 2. The second kappa shape index (κ2) is 12.7. The fourth-order valence-corrected chi connectivity index (χ4v) is 2.30. The second-order valence-electron chi connectivity index (χ2n) is 4.39. The number of thioether (sulfide) groups is 1. The Labute approximate surface area is 118 Å². The molecule has 0 aromatic rings. The Hall–Kier alpha value is -0.340. The molecular formula is C12H26N2O4S. The average Bonchev–Trinajstić information content (AvgIpc) is 2.38. The van der Waals surface area contributed by atoms with E-state index in [4.69, 9.17) is 21.3 Å². The molecule has 0 bridgehead atoms. The molecule has 0 heterocycles. The van der Waals surface area contributed by atoms with E-state index in [0.717, 1.165) is 19.3 Å². The Morgan fingerprint density at radius 1 is 1.32 bits per heavy atom. The van der Waals surface area contributed by atoms with Gasteiger partial charge in [-0.25, -0.2) is 0 Å². The molecule has 0 amide bonds. The molecule has 0 radical (unpaired) electrons. The SMILES string of the molecule is NCCCCCOCC(O)CSCC[C@H](N)C(=O)O. The Balaban J connectivity index is 3.30. The third-order valence-corrected chi connectivity index (χ3v) is 3.65. The molecule has 7 heteroatoms. The van der Waals surface area contributed by atoms with Crippen LogP contribution in [0.15, 0.2) is 0 Å². The van der Waals surface area contributed by atoms with Crippen molar-refractivity contribution in [2.24, 2.45) is 11.5 Å². The fourth-order valence-electron chi connectivity index (χ4n) is 1.35. The number of hydrogen-bond donors (Lipinski definition) is 4. The largest absolute Gasteiger partial charge is 0.480 e. The van der Waals surface area contributed by atoms with E-state index in [1.165, 1.54) is 11.8 Å². The van der Waals surface area contributed by atoms with E-state index in [9.17, 15) is 9.90 Å². The average molecular weight is 294 g/mol. The van der Waals surface area contributed by atoms with Gasteiger partial charge in [-0.15, -0.1) is 0 Å². The van der Waals surface area contributed by atoms with Crippen molar-refractivity contribution in [3.63, 3.8) is 0 Å². The molecule has 0 spiro atoms. The summed E-state index contributed by atoms with van der Waals surface area (Å²) in [6.45, 7) is 1.67. The van der Waals surface area contributed by atoms with Gasteiger partial charge >= 0.3 is 5.97 Å². The Bertz CT molecular complexity index is 232. The number of carbonyl (C=O) groups is 1. The molecule has 1 unspecified atom stereocenters. The van der Waals surface area contributed by atoms with E-state index in [2.05, 4.69) is 0 Å². The van der Waals surface area contributed by atoms with E-state index in [1.807, 2.05) is 0 Å². The number of unbranched alkanes of at least 4 members (excludes halogenated alkanes) is 2. The predicted octanol–water partition coefficient (Wildman–Crippen LogP) is 0.0281. The van der Waals surface area contributed by atoms with Gasteiger partial charge in [-0.3, -0.25) is 4.79 Å². The Morgan fingerprint density at radius 3 is 2.68 bits per heavy atom. The van der Waals surface area contributed by atoms with Crippen LogP contribution >= 0.6 is 11.8 Å². The summed E-state index contributed by atoms with van der Waals surface area (Å²) in [5.74, 6) is 0.179. The van der Waals surface area contributed by atoms with Crippen LogP contribution in [0.2, 0.25) is 0 Å². The van der Waals surface area contributed by atoms with Crippen LogP contribution in [-0.4, -0.2) is 59.6 Å². The molecule has 6 N–H and O–H groups in total. The summed E-state index contributed by atoms with van der Waals surface area (Å²) >= 11 is 1.49. The third-order valence-electron chi connectivity index (χ3n) is 2.50. The van der Waals surface area contributed by atoms with Crippen molar-refractivity contribution in [1.82, 2.24) is 0 Å². The molecule has 114 valence electrons. The van der Waals surface area contributed by atoms with Gasteiger partial charge in [0.25, 0.3) is 0 Å². The first-order valence-corrected chi connectivity index (χ1v) is 7.75. The molecule has 0 aliphatic carbocycles. The smallest absolute Gasteiger partial charge is 0.320 e. The molecule has 6 nitrogen and oxygen atoms in total. The normalized spacial score (nSPS) is 14.3. The Morgan fingerprint density at radius 2 is 2.05 bits per heavy atom. The zero-order valence-electron chi connectivity index (χ0n) is 11.3. The second-order valence-corrected chi connectivity index (χ2v) is 5.54. The van der Waals surface area contributed by atoms with Gasteiger partial charge in [0, 0.05) is 12.4 Å². The monoisotopic (exact) mass is 294 g/mol. The number of carboxylic acid groups (broad SMARTS) is 1. The molecule has 0 saturated carbocycles. The molecule has 19 heavy (non-hydrogen) atoms. The molecule has 0 aromatic carbocycles. The molecule has 0 aliphatic rings. The van der Waals surface area contributed by atoms with Crippen LogP contribution in [0.4, 0.5) is 0 Å². The lowest BCUT2D eigenvalue weighted by Crippen LogP contribution is -2.30. The molecule has 2 atom stereocenters. The summed E-state index contributed by atoms with van der Waals surface area (Å²) in [4.78, 5) is 10.5. The number of aliphatic hydroxyl groups is 1. The van der Waals surface area contributed by atoms with Crippen LogP contribution in [0.1, 0.15) is 25.7 Å². The number of aliphatic hydroxyl groups excluding tert-OH is 1. The summed E-state index contributed by atoms with van der Waals surface area (Å²) in [5, 5.41) is 18.2. The van der Waals surface area contributed by atoms with Crippen LogP contribution in [-0.2, 0) is 9.53 Å². The van der Waals surface area contributed by atoms with Gasteiger partial charge in [0.1, 0.15) is 6.04 Å². The highest BCUT2D eigenvalue weighted by Crippen LogP contribution is 2.07. The van der Waals surface area contributed by atoms with Gasteiger partial charge in [-0.05, 0) is 38.0 Å². The molecular weight excluding hydrogens is 268 g/mol. The van der Waals surface area contributed by atoms with E-state index < -0.39 is 18.1 Å². The first-order chi connectivity index (χ1) is 9.07. The molecule has 0 fully saturated rings. The van der Waals surface area contributed by atoms with Gasteiger partial charge in [0.15, 0.2) is 0 Å². The topological polar surface area (TPSA) is 119 Å². The van der Waals surface area contributed by atoms with Gasteiger partial charge < -0.3 is 26.4 Å². The third kappa shape index (κ3) is 12.4. The zero-order valence-corrected chi connectivity index (χ0v) is 12.1. The van der Waals surface area contributed by atoms with Gasteiger partial charge in [-0.2, -0.15) is 11.8 Å². The molecule has 0 aliphatic heterocycles. The number of ether oxygens (including phenoxy) is 1. The highest BCUT2D eigenvalue weighted by Gasteiger charge is 2.11. The number of rotatable bonds is 13. The van der Waals surface area contributed by atoms with Gasteiger partial charge in [0.2, 0.25) is 0 Å². The van der Waals surface area contributed by atoms with Crippen molar-refractivity contribution >= 4 is 17.7 Å². The molecule has 0 saturated heterocycles. The van der Waals surface area contributed by atoms with Crippen LogP contribution in [0.3, 0.4) is 0 Å². The highest BCUT2D eigenvalue weighted by atomic mass is 32.2. The fraction of sp³-hybridized carbons (Fsp3) is 0.917. The van der Waals surface area contributed by atoms with Crippen molar-refractivity contribution in [1.29, 1.82) is 0 Å². The number of carboxylic acids is 1. The zero-order chi connectivity index (χ0) is 14.5. The van der Waals surface area contributed by atoms with Crippen molar-refractivity contribution in [2.45, 2.75) is 37.8 Å². The minimum absolute atomic E-state index is 0.320. The number of aliphatic carboxylic acids is 1. The minimum atomic E-state index is -0.984. The maximum atomic E-state index is 10.5. The molecule has 0 aromatic heterocycles. The van der Waals surface area contributed by atoms with Crippen LogP contribution in [0.25, 0.3) is 0 Å². The van der Waals surface area contributed by atoms with Crippen molar-refractivity contribution < 1.29 is 19.7 Å². The first-order valence-electron chi connectivity index (χ1n) is 6.60. The lowest BCUT2D eigenvalue weighted by Gasteiger charge is -2.11. The summed E-state index contributed by atoms with van der Waals surface area (Å²) in [6, 6.07) is -0.816. The maximum absolute atomic E-state index is 10.5. The van der Waals surface area contributed by atoms with Gasteiger partial charge in [-0.1, -0.05) is 0 Å². The Kier molecular flexibility index (Phi) is 12.5. The van der Waals surface area contributed by atoms with Crippen LogP contribution in [0.5, 0.6) is 0 Å². The summed E-state index contributed by atoms with van der Waals surface area (Å²) in [5.41, 5.74) is 10.7. The van der Waals surface area contributed by atoms with Crippen LogP contribution in [0, 0.1) is 0 Å². The van der Waals surface area contributed by atoms with E-state index in [-0.39, 0.29) is 0 Å². The highest BCUT2D eigenvalue weighted by molar-refractivity contribution is 7.99. The molecule has 0 rings (SSSR count). The minimum Gasteiger partial charge on any atom is -0.480 e. The summed E-state index contributed by atoms with van der Waals surface area (Å²) in [7, 11) is 0. The summed E-state index contributed by atoms with van der Waals surface area (Å²) < 4.78 is 5.34. The van der Waals surface area contributed by atoms with E-state index in [1.54, 1.807) is 0 Å².